The van der Waals surface area contributed by atoms with Crippen molar-refractivity contribution in [2.24, 2.45) is 0 Å². The molecule has 1 N–H and O–H groups in total. The molecule has 0 spiro atoms. The number of aliphatic hydroxyl groups is 1. The topological polar surface area (TPSA) is 46.5 Å². The Morgan fingerprint density at radius 3 is 2.13 bits per heavy atom. The molecule has 0 heterocycles. The number of hydrogen-bond acceptors (Lipinski definition) is 3. The van der Waals surface area contributed by atoms with E-state index < -0.39 is 11.7 Å². The van der Waals surface area contributed by atoms with Crippen LogP contribution in [0.15, 0.2) is 48.6 Å². The van der Waals surface area contributed by atoms with Crippen LogP contribution in [0.4, 0.5) is 0 Å². The average molecular weight is 433 g/mol. The molecule has 3 heteroatoms. The fraction of sp³-hybridized carbons (Fsp3) is 0.679. The van der Waals surface area contributed by atoms with E-state index >= 15 is 0 Å². The number of unbranched alkanes of at least 4 members (excludes halogenated alkanes) is 8. The number of esters is 1. The van der Waals surface area contributed by atoms with Crippen LogP contribution >= 0.6 is 0 Å². The summed E-state index contributed by atoms with van der Waals surface area (Å²) in [5, 5.41) is 10.4. The molecule has 0 aliphatic carbocycles. The van der Waals surface area contributed by atoms with Gasteiger partial charge in [0.2, 0.25) is 0 Å². The molecule has 0 saturated heterocycles. The van der Waals surface area contributed by atoms with E-state index in [0.717, 1.165) is 37.7 Å². The maximum Gasteiger partial charge on any atom is 0.306 e. The molecule has 0 radical (unpaired) electrons. The fourth-order valence-electron chi connectivity index (χ4n) is 3.18. The van der Waals surface area contributed by atoms with Crippen molar-refractivity contribution >= 4 is 5.97 Å². The van der Waals surface area contributed by atoms with E-state index in [1.54, 1.807) is 6.92 Å². The summed E-state index contributed by atoms with van der Waals surface area (Å²) in [6.45, 7) is 11.5. The second-order valence-electron chi connectivity index (χ2n) is 8.91. The van der Waals surface area contributed by atoms with E-state index in [2.05, 4.69) is 37.8 Å². The van der Waals surface area contributed by atoms with Gasteiger partial charge in [-0.1, -0.05) is 81.1 Å². The SMILES string of the molecule is C=C[C@@](C)(O)[C@H](CC=C(C)C)OC(=O)CCCCCCC/C=C\C/C=C\CCCCC. The van der Waals surface area contributed by atoms with Crippen LogP contribution in [0.3, 0.4) is 0 Å². The van der Waals surface area contributed by atoms with Crippen molar-refractivity contribution in [2.75, 3.05) is 0 Å². The molecule has 0 bridgehead atoms. The third kappa shape index (κ3) is 17.7. The standard InChI is InChI=1S/C28H48O3/c1-6-8-9-10-11-12-13-14-15-16-17-18-19-20-21-22-27(29)31-26(24-23-25(3)4)28(5,30)7-2/h7,11-12,14-15,23,26,30H,2,6,8-10,13,16-22,24H2,1,3-5H3/b12-11-,15-14-/t26-,28+/m0/s1. The largest absolute Gasteiger partial charge is 0.459 e. The van der Waals surface area contributed by atoms with Crippen molar-refractivity contribution in [2.45, 2.75) is 123 Å². The van der Waals surface area contributed by atoms with Gasteiger partial charge >= 0.3 is 5.97 Å². The van der Waals surface area contributed by atoms with Crippen LogP contribution in [-0.4, -0.2) is 22.8 Å². The Bertz CT molecular complexity index is 551. The predicted molar refractivity (Wildman–Crippen MR) is 134 cm³/mol. The Kier molecular flexibility index (Phi) is 18.1. The Morgan fingerprint density at radius 2 is 1.55 bits per heavy atom. The van der Waals surface area contributed by atoms with Gasteiger partial charge in [-0.2, -0.15) is 0 Å². The van der Waals surface area contributed by atoms with Crippen LogP contribution in [0, 0.1) is 0 Å². The molecule has 178 valence electrons. The normalized spacial score (nSPS) is 14.5. The summed E-state index contributed by atoms with van der Waals surface area (Å²) in [6, 6.07) is 0. The molecule has 3 nitrogen and oxygen atoms in total. The lowest BCUT2D eigenvalue weighted by Gasteiger charge is -2.29. The Hall–Kier alpha value is -1.61. The van der Waals surface area contributed by atoms with Crippen LogP contribution in [0.5, 0.6) is 0 Å². The molecule has 0 aliphatic heterocycles. The molecule has 0 saturated carbocycles. The molecule has 0 rings (SSSR count). The van der Waals surface area contributed by atoms with E-state index in [-0.39, 0.29) is 5.97 Å². The quantitative estimate of drug-likeness (QED) is 0.128. The Morgan fingerprint density at radius 1 is 0.968 bits per heavy atom. The molecular formula is C28H48O3. The van der Waals surface area contributed by atoms with E-state index in [1.165, 1.54) is 44.6 Å². The van der Waals surface area contributed by atoms with Gasteiger partial charge < -0.3 is 9.84 Å². The minimum Gasteiger partial charge on any atom is -0.459 e. The van der Waals surface area contributed by atoms with Gasteiger partial charge in [0.05, 0.1) is 0 Å². The second kappa shape index (κ2) is 19.1. The molecular weight excluding hydrogens is 384 g/mol. The fourth-order valence-corrected chi connectivity index (χ4v) is 3.18. The highest BCUT2D eigenvalue weighted by Gasteiger charge is 2.31. The molecule has 0 fully saturated rings. The summed E-state index contributed by atoms with van der Waals surface area (Å²) in [4.78, 5) is 12.2. The lowest BCUT2D eigenvalue weighted by Crippen LogP contribution is -2.40. The van der Waals surface area contributed by atoms with Crippen LogP contribution in [-0.2, 0) is 9.53 Å². The van der Waals surface area contributed by atoms with Crippen molar-refractivity contribution < 1.29 is 14.6 Å². The summed E-state index contributed by atoms with van der Waals surface area (Å²) < 4.78 is 5.56. The van der Waals surface area contributed by atoms with Gasteiger partial charge in [-0.3, -0.25) is 4.79 Å². The third-order valence-electron chi connectivity index (χ3n) is 5.41. The number of rotatable bonds is 19. The van der Waals surface area contributed by atoms with Crippen LogP contribution in [0.25, 0.3) is 0 Å². The van der Waals surface area contributed by atoms with Crippen LogP contribution < -0.4 is 0 Å². The van der Waals surface area contributed by atoms with Crippen molar-refractivity contribution in [3.05, 3.63) is 48.6 Å². The smallest absolute Gasteiger partial charge is 0.306 e. The predicted octanol–water partition coefficient (Wildman–Crippen LogP) is 8.01. The van der Waals surface area contributed by atoms with Crippen molar-refractivity contribution in [3.63, 3.8) is 0 Å². The Labute approximate surface area is 192 Å². The summed E-state index contributed by atoms with van der Waals surface area (Å²) >= 11 is 0. The van der Waals surface area contributed by atoms with Gasteiger partial charge in [0.15, 0.2) is 0 Å². The van der Waals surface area contributed by atoms with E-state index in [9.17, 15) is 9.90 Å². The van der Waals surface area contributed by atoms with Crippen molar-refractivity contribution in [1.29, 1.82) is 0 Å². The minimum atomic E-state index is -1.22. The first-order valence-corrected chi connectivity index (χ1v) is 12.3. The first-order valence-electron chi connectivity index (χ1n) is 12.3. The van der Waals surface area contributed by atoms with Crippen molar-refractivity contribution in [1.82, 2.24) is 0 Å². The van der Waals surface area contributed by atoms with E-state index in [0.29, 0.717) is 12.8 Å². The van der Waals surface area contributed by atoms with Gasteiger partial charge in [0.25, 0.3) is 0 Å². The number of carbonyl (C=O) groups is 1. The summed E-state index contributed by atoms with van der Waals surface area (Å²) in [5.41, 5.74) is -0.0883. The molecule has 0 aromatic rings. The van der Waals surface area contributed by atoms with Crippen LogP contribution in [0.1, 0.15) is 111 Å². The zero-order valence-corrected chi connectivity index (χ0v) is 20.7. The van der Waals surface area contributed by atoms with E-state index in [1.807, 2.05) is 19.9 Å². The monoisotopic (exact) mass is 432 g/mol. The number of allylic oxidation sites excluding steroid dienone is 5. The zero-order valence-electron chi connectivity index (χ0n) is 20.7. The van der Waals surface area contributed by atoms with Gasteiger partial charge in [0, 0.05) is 12.8 Å². The lowest BCUT2D eigenvalue weighted by molar-refractivity contribution is -0.159. The summed E-state index contributed by atoms with van der Waals surface area (Å²) in [5.74, 6) is -0.236. The van der Waals surface area contributed by atoms with Gasteiger partial charge in [-0.25, -0.2) is 0 Å². The molecule has 0 amide bonds. The third-order valence-corrected chi connectivity index (χ3v) is 5.41. The van der Waals surface area contributed by atoms with Crippen LogP contribution in [0.2, 0.25) is 0 Å². The molecule has 0 aromatic heterocycles. The highest BCUT2D eigenvalue weighted by Crippen LogP contribution is 2.20. The minimum absolute atomic E-state index is 0.236. The highest BCUT2D eigenvalue weighted by molar-refractivity contribution is 5.69. The molecule has 0 unspecified atom stereocenters. The molecule has 2 atom stereocenters. The van der Waals surface area contributed by atoms with Gasteiger partial charge in [0.1, 0.15) is 11.7 Å². The maximum absolute atomic E-state index is 12.2. The Balaban J connectivity index is 3.85. The molecule has 0 aliphatic rings. The van der Waals surface area contributed by atoms with Gasteiger partial charge in [-0.05, 0) is 59.3 Å². The number of ether oxygens (including phenoxy) is 1. The number of hydrogen-bond donors (Lipinski definition) is 1. The van der Waals surface area contributed by atoms with Gasteiger partial charge in [-0.15, -0.1) is 6.58 Å². The lowest BCUT2D eigenvalue weighted by atomic mass is 9.95. The molecule has 31 heavy (non-hydrogen) atoms. The molecule has 0 aromatic carbocycles. The second-order valence-corrected chi connectivity index (χ2v) is 8.91. The summed E-state index contributed by atoms with van der Waals surface area (Å²) in [7, 11) is 0. The zero-order chi connectivity index (χ0) is 23.4. The number of carbonyl (C=O) groups excluding carboxylic acids is 1. The van der Waals surface area contributed by atoms with E-state index in [4.69, 9.17) is 4.74 Å². The maximum atomic E-state index is 12.2. The van der Waals surface area contributed by atoms with Crippen molar-refractivity contribution in [3.8, 4) is 0 Å². The first kappa shape index (κ1) is 29.4. The highest BCUT2D eigenvalue weighted by atomic mass is 16.6. The summed E-state index contributed by atoms with van der Waals surface area (Å²) in [6.07, 6.45) is 25.6. The average Bonchev–Trinajstić information content (AvgIpc) is 2.73. The first-order chi connectivity index (χ1) is 14.8.